The smallest absolute Gasteiger partial charge is 0.224 e. The lowest BCUT2D eigenvalue weighted by atomic mass is 10.1. The van der Waals surface area contributed by atoms with Gasteiger partial charge in [-0.15, -0.1) is 0 Å². The molecule has 160 valence electrons. The maximum absolute atomic E-state index is 12.1. The zero-order valence-electron chi connectivity index (χ0n) is 17.8. The highest BCUT2D eigenvalue weighted by Gasteiger charge is 2.14. The zero-order valence-corrected chi connectivity index (χ0v) is 17.8. The zero-order chi connectivity index (χ0) is 21.2. The van der Waals surface area contributed by atoms with E-state index in [1.54, 1.807) is 0 Å². The molecule has 1 fully saturated rings. The van der Waals surface area contributed by atoms with Crippen LogP contribution in [0.15, 0.2) is 54.6 Å². The second-order valence-electron chi connectivity index (χ2n) is 7.94. The number of nitrogens with zero attached hydrogens (tertiary/aromatic N) is 2. The van der Waals surface area contributed by atoms with Crippen molar-refractivity contribution >= 4 is 11.8 Å². The molecule has 2 N–H and O–H groups in total. The number of benzene rings is 2. The highest BCUT2D eigenvalue weighted by atomic mass is 16.2. The summed E-state index contributed by atoms with van der Waals surface area (Å²) in [6.45, 7) is 6.20. The van der Waals surface area contributed by atoms with Gasteiger partial charge in [0.1, 0.15) is 0 Å². The molecule has 0 saturated carbocycles. The SMILES string of the molecule is CN1CCN(Cc2cccc(CNC(=O)CCNC(=O)Cc3ccccc3)c2)CC1. The molecular formula is C24H32N4O2. The Kier molecular flexibility index (Phi) is 8.41. The van der Waals surface area contributed by atoms with E-state index in [0.29, 0.717) is 19.5 Å². The quantitative estimate of drug-likeness (QED) is 0.664. The monoisotopic (exact) mass is 408 g/mol. The number of carbonyl (C=O) groups excluding carboxylic acids is 2. The van der Waals surface area contributed by atoms with Crippen LogP contribution in [-0.2, 0) is 29.1 Å². The van der Waals surface area contributed by atoms with E-state index in [1.165, 1.54) is 5.56 Å². The summed E-state index contributed by atoms with van der Waals surface area (Å²) < 4.78 is 0. The Bertz CT molecular complexity index is 817. The maximum Gasteiger partial charge on any atom is 0.224 e. The van der Waals surface area contributed by atoms with Crippen LogP contribution in [0.4, 0.5) is 0 Å². The average molecular weight is 409 g/mol. The lowest BCUT2D eigenvalue weighted by Crippen LogP contribution is -2.43. The van der Waals surface area contributed by atoms with Gasteiger partial charge in [0.05, 0.1) is 6.42 Å². The maximum atomic E-state index is 12.1. The third-order valence-corrected chi connectivity index (χ3v) is 5.36. The first-order chi connectivity index (χ1) is 14.6. The van der Waals surface area contributed by atoms with Gasteiger partial charge in [-0.2, -0.15) is 0 Å². The summed E-state index contributed by atoms with van der Waals surface area (Å²) in [5.41, 5.74) is 3.35. The van der Waals surface area contributed by atoms with Crippen molar-refractivity contribution in [1.82, 2.24) is 20.4 Å². The average Bonchev–Trinajstić information content (AvgIpc) is 2.75. The van der Waals surface area contributed by atoms with E-state index < -0.39 is 0 Å². The van der Waals surface area contributed by atoms with E-state index in [1.807, 2.05) is 36.4 Å². The van der Waals surface area contributed by atoms with Gasteiger partial charge in [0, 0.05) is 52.2 Å². The summed E-state index contributed by atoms with van der Waals surface area (Å²) in [5.74, 6) is -0.120. The van der Waals surface area contributed by atoms with Gasteiger partial charge in [-0.3, -0.25) is 14.5 Å². The minimum Gasteiger partial charge on any atom is -0.355 e. The normalized spacial score (nSPS) is 15.0. The standard InChI is InChI=1S/C24H32N4O2/c1-27-12-14-28(15-13-27)19-22-9-5-8-21(16-22)18-26-23(29)10-11-25-24(30)17-20-6-3-2-4-7-20/h2-9,16H,10-15,17-19H2,1H3,(H,25,30)(H,26,29). The van der Waals surface area contributed by atoms with Crippen molar-refractivity contribution in [3.8, 4) is 0 Å². The van der Waals surface area contributed by atoms with Crippen LogP contribution in [0.25, 0.3) is 0 Å². The van der Waals surface area contributed by atoms with Crippen molar-refractivity contribution < 1.29 is 9.59 Å². The Balaban J connectivity index is 1.34. The van der Waals surface area contributed by atoms with Crippen molar-refractivity contribution in [2.45, 2.75) is 25.9 Å². The molecule has 0 atom stereocenters. The fourth-order valence-corrected chi connectivity index (χ4v) is 3.55. The molecule has 1 saturated heterocycles. The molecule has 1 aliphatic heterocycles. The molecule has 0 radical (unpaired) electrons. The van der Waals surface area contributed by atoms with Gasteiger partial charge in [-0.05, 0) is 23.7 Å². The minimum atomic E-state index is -0.0643. The molecule has 1 aliphatic rings. The Morgan fingerprint density at radius 2 is 1.53 bits per heavy atom. The van der Waals surface area contributed by atoms with E-state index in [0.717, 1.165) is 43.9 Å². The molecule has 0 aliphatic carbocycles. The van der Waals surface area contributed by atoms with E-state index in [9.17, 15) is 9.59 Å². The molecule has 1 heterocycles. The van der Waals surface area contributed by atoms with Crippen LogP contribution in [0.5, 0.6) is 0 Å². The van der Waals surface area contributed by atoms with Gasteiger partial charge in [-0.25, -0.2) is 0 Å². The highest BCUT2D eigenvalue weighted by molar-refractivity contribution is 5.80. The number of carbonyl (C=O) groups is 2. The molecule has 30 heavy (non-hydrogen) atoms. The second kappa shape index (κ2) is 11.5. The number of nitrogens with one attached hydrogen (secondary N) is 2. The molecule has 0 bridgehead atoms. The van der Waals surface area contributed by atoms with Crippen LogP contribution >= 0.6 is 0 Å². The first-order valence-corrected chi connectivity index (χ1v) is 10.6. The summed E-state index contributed by atoms with van der Waals surface area (Å²) >= 11 is 0. The Labute approximate surface area is 179 Å². The fraction of sp³-hybridized carbons (Fsp3) is 0.417. The van der Waals surface area contributed by atoms with Crippen molar-refractivity contribution in [3.05, 3.63) is 71.3 Å². The first kappa shape index (κ1) is 22.0. The largest absolute Gasteiger partial charge is 0.355 e. The van der Waals surface area contributed by atoms with Gasteiger partial charge >= 0.3 is 0 Å². The van der Waals surface area contributed by atoms with E-state index in [4.69, 9.17) is 0 Å². The third kappa shape index (κ3) is 7.61. The Hall–Kier alpha value is -2.70. The van der Waals surface area contributed by atoms with Crippen LogP contribution in [-0.4, -0.2) is 61.4 Å². The minimum absolute atomic E-state index is 0.0560. The van der Waals surface area contributed by atoms with Crippen LogP contribution in [0.3, 0.4) is 0 Å². The number of hydrogen-bond donors (Lipinski definition) is 2. The Morgan fingerprint density at radius 3 is 2.30 bits per heavy atom. The predicted octanol–water partition coefficient (Wildman–Crippen LogP) is 1.80. The number of likely N-dealkylation sites (N-methyl/N-ethyl adjacent to an activating group) is 1. The number of piperazine rings is 1. The second-order valence-corrected chi connectivity index (χ2v) is 7.94. The van der Waals surface area contributed by atoms with Gasteiger partial charge in [0.15, 0.2) is 0 Å². The topological polar surface area (TPSA) is 64.7 Å². The number of amides is 2. The third-order valence-electron chi connectivity index (χ3n) is 5.36. The van der Waals surface area contributed by atoms with Gasteiger partial charge in [0.25, 0.3) is 0 Å². The van der Waals surface area contributed by atoms with Crippen molar-refractivity contribution in [3.63, 3.8) is 0 Å². The molecule has 6 heteroatoms. The summed E-state index contributed by atoms with van der Waals surface area (Å²) in [6, 6.07) is 18.0. The lowest BCUT2D eigenvalue weighted by Gasteiger charge is -2.32. The van der Waals surface area contributed by atoms with Crippen molar-refractivity contribution in [2.24, 2.45) is 0 Å². The molecule has 2 aromatic carbocycles. The van der Waals surface area contributed by atoms with Gasteiger partial charge < -0.3 is 15.5 Å². The van der Waals surface area contributed by atoms with Crippen LogP contribution in [0.2, 0.25) is 0 Å². The molecule has 6 nitrogen and oxygen atoms in total. The molecule has 2 aromatic rings. The van der Waals surface area contributed by atoms with Crippen LogP contribution < -0.4 is 10.6 Å². The van der Waals surface area contributed by atoms with Gasteiger partial charge in [0.2, 0.25) is 11.8 Å². The Morgan fingerprint density at radius 1 is 0.833 bits per heavy atom. The van der Waals surface area contributed by atoms with Crippen LogP contribution in [0.1, 0.15) is 23.1 Å². The summed E-state index contributed by atoms with van der Waals surface area (Å²) in [5, 5.41) is 5.76. The molecular weight excluding hydrogens is 376 g/mol. The highest BCUT2D eigenvalue weighted by Crippen LogP contribution is 2.10. The summed E-state index contributed by atoms with van der Waals surface area (Å²) in [7, 11) is 2.16. The van der Waals surface area contributed by atoms with Crippen LogP contribution in [0, 0.1) is 0 Å². The molecule has 0 aromatic heterocycles. The molecule has 0 spiro atoms. The molecule has 2 amide bonds. The van der Waals surface area contributed by atoms with E-state index in [2.05, 4.69) is 45.7 Å². The van der Waals surface area contributed by atoms with Crippen molar-refractivity contribution in [1.29, 1.82) is 0 Å². The van der Waals surface area contributed by atoms with Crippen molar-refractivity contribution in [2.75, 3.05) is 39.8 Å². The van der Waals surface area contributed by atoms with E-state index in [-0.39, 0.29) is 18.2 Å². The first-order valence-electron chi connectivity index (χ1n) is 10.6. The number of hydrogen-bond acceptors (Lipinski definition) is 4. The summed E-state index contributed by atoms with van der Waals surface area (Å²) in [4.78, 5) is 28.9. The fourth-order valence-electron chi connectivity index (χ4n) is 3.55. The molecule has 3 rings (SSSR count). The summed E-state index contributed by atoms with van der Waals surface area (Å²) in [6.07, 6.45) is 0.615. The lowest BCUT2D eigenvalue weighted by molar-refractivity contribution is -0.122. The number of rotatable bonds is 9. The molecule has 0 unspecified atom stereocenters. The predicted molar refractivity (Wildman–Crippen MR) is 119 cm³/mol. The van der Waals surface area contributed by atoms with E-state index >= 15 is 0 Å². The van der Waals surface area contributed by atoms with Gasteiger partial charge in [-0.1, -0.05) is 54.6 Å².